The fourth-order valence-corrected chi connectivity index (χ4v) is 6.25. The summed E-state index contributed by atoms with van der Waals surface area (Å²) in [7, 11) is -0.283. The summed E-state index contributed by atoms with van der Waals surface area (Å²) >= 11 is 0. The SMILES string of the molecule is COC(=O)CCCC=CC[C@@H]1[C@@H](C=CCCCCCCO[Si](C)(C)C(C)(C)C)[C@H]2C[C@H]1C(=O)C(=O)C2=O. The number of carbonyl (C=O) groups excluding carboxylic acids is 4. The quantitative estimate of drug-likeness (QED) is 0.0798. The molecular weight excluding hydrogens is 484 g/mol. The molecule has 2 fully saturated rings. The topological polar surface area (TPSA) is 86.7 Å². The monoisotopic (exact) mass is 532 g/mol. The number of hydrogen-bond donors (Lipinski definition) is 0. The molecule has 0 radical (unpaired) electrons. The van der Waals surface area contributed by atoms with Gasteiger partial charge in [0.05, 0.1) is 7.11 Å². The van der Waals surface area contributed by atoms with Gasteiger partial charge in [-0.3, -0.25) is 19.2 Å². The molecule has 0 spiro atoms. The lowest BCUT2D eigenvalue weighted by atomic mass is 9.83. The number of allylic oxidation sites excluding steroid dienone is 4. The second-order valence-corrected chi connectivity index (χ2v) is 17.0. The van der Waals surface area contributed by atoms with E-state index in [-0.39, 0.29) is 34.7 Å². The van der Waals surface area contributed by atoms with Gasteiger partial charge >= 0.3 is 5.97 Å². The highest BCUT2D eigenvalue weighted by atomic mass is 28.4. The molecule has 0 aromatic carbocycles. The van der Waals surface area contributed by atoms with Crippen LogP contribution in [0.3, 0.4) is 0 Å². The second kappa shape index (κ2) is 14.3. The number of Topliss-reactive ketones (excluding diaryl/α,β-unsaturated/α-hetero) is 3. The predicted molar refractivity (Wildman–Crippen MR) is 149 cm³/mol. The van der Waals surface area contributed by atoms with Gasteiger partial charge < -0.3 is 9.16 Å². The van der Waals surface area contributed by atoms with Crippen LogP contribution in [0.25, 0.3) is 0 Å². The first-order chi connectivity index (χ1) is 17.4. The van der Waals surface area contributed by atoms with Crippen LogP contribution in [-0.2, 0) is 28.3 Å². The van der Waals surface area contributed by atoms with Gasteiger partial charge in [0.25, 0.3) is 5.78 Å². The fraction of sp³-hybridized carbons (Fsp3) is 0.733. The fourth-order valence-electron chi connectivity index (χ4n) is 5.16. The predicted octanol–water partition coefficient (Wildman–Crippen LogP) is 6.39. The molecule has 0 heterocycles. The average Bonchev–Trinajstić information content (AvgIpc) is 3.17. The summed E-state index contributed by atoms with van der Waals surface area (Å²) in [5, 5.41) is 0.241. The van der Waals surface area contributed by atoms with Gasteiger partial charge in [0, 0.05) is 24.9 Å². The zero-order valence-electron chi connectivity index (χ0n) is 23.8. The van der Waals surface area contributed by atoms with Crippen LogP contribution in [0.5, 0.6) is 0 Å². The number of carbonyl (C=O) groups is 4. The van der Waals surface area contributed by atoms with E-state index in [1.807, 2.05) is 12.2 Å². The first-order valence-corrected chi connectivity index (χ1v) is 17.0. The minimum atomic E-state index is -1.67. The molecule has 208 valence electrons. The van der Waals surface area contributed by atoms with E-state index in [0.29, 0.717) is 25.7 Å². The third-order valence-electron chi connectivity index (χ3n) is 8.55. The van der Waals surface area contributed by atoms with Crippen molar-refractivity contribution in [2.75, 3.05) is 13.7 Å². The summed E-state index contributed by atoms with van der Waals surface area (Å²) in [4.78, 5) is 48.5. The molecular formula is C30H48O6Si. The molecule has 0 amide bonds. The molecule has 0 aliphatic heterocycles. The molecule has 7 heteroatoms. The molecule has 0 aromatic heterocycles. The van der Waals surface area contributed by atoms with Gasteiger partial charge in [-0.05, 0) is 74.9 Å². The molecule has 0 unspecified atom stereocenters. The number of ether oxygens (including phenoxy) is 1. The van der Waals surface area contributed by atoms with E-state index in [9.17, 15) is 19.2 Å². The van der Waals surface area contributed by atoms with E-state index >= 15 is 0 Å². The minimum Gasteiger partial charge on any atom is -0.469 e. The molecule has 37 heavy (non-hydrogen) atoms. The Balaban J connectivity index is 1.81. The lowest BCUT2D eigenvalue weighted by Crippen LogP contribution is -2.40. The van der Waals surface area contributed by atoms with Crippen molar-refractivity contribution in [1.82, 2.24) is 0 Å². The average molecular weight is 533 g/mol. The van der Waals surface area contributed by atoms with E-state index in [1.54, 1.807) is 0 Å². The Kier molecular flexibility index (Phi) is 12.1. The molecule has 2 rings (SSSR count). The third-order valence-corrected chi connectivity index (χ3v) is 13.1. The van der Waals surface area contributed by atoms with Crippen molar-refractivity contribution >= 4 is 31.6 Å². The van der Waals surface area contributed by atoms with E-state index < -0.39 is 25.7 Å². The third kappa shape index (κ3) is 8.84. The number of esters is 1. The van der Waals surface area contributed by atoms with Crippen molar-refractivity contribution in [3.8, 4) is 0 Å². The van der Waals surface area contributed by atoms with Crippen molar-refractivity contribution in [1.29, 1.82) is 0 Å². The first kappa shape index (κ1) is 31.4. The molecule has 4 atom stereocenters. The van der Waals surface area contributed by atoms with Gasteiger partial charge in [0.15, 0.2) is 8.32 Å². The van der Waals surface area contributed by atoms with Gasteiger partial charge in [-0.2, -0.15) is 0 Å². The highest BCUT2D eigenvalue weighted by Crippen LogP contribution is 2.48. The van der Waals surface area contributed by atoms with Gasteiger partial charge in [0.1, 0.15) is 0 Å². The van der Waals surface area contributed by atoms with E-state index in [4.69, 9.17) is 4.43 Å². The zero-order chi connectivity index (χ0) is 27.6. The summed E-state index contributed by atoms with van der Waals surface area (Å²) in [5.41, 5.74) is 0. The first-order valence-electron chi connectivity index (χ1n) is 14.1. The van der Waals surface area contributed by atoms with Crippen LogP contribution in [-0.4, -0.2) is 45.4 Å². The lowest BCUT2D eigenvalue weighted by molar-refractivity contribution is -0.149. The van der Waals surface area contributed by atoms with Crippen LogP contribution in [0, 0.1) is 23.7 Å². The van der Waals surface area contributed by atoms with Crippen LogP contribution in [0.4, 0.5) is 0 Å². The molecule has 2 aliphatic rings. The second-order valence-electron chi connectivity index (χ2n) is 12.2. The minimum absolute atomic E-state index is 0.0199. The Morgan fingerprint density at radius 2 is 1.57 bits per heavy atom. The number of hydrogen-bond acceptors (Lipinski definition) is 6. The van der Waals surface area contributed by atoms with Crippen LogP contribution < -0.4 is 0 Å². The number of rotatable bonds is 15. The number of ketones is 3. The number of fused-ring (bicyclic) bond motifs is 2. The number of methoxy groups -OCH3 is 1. The van der Waals surface area contributed by atoms with Crippen LogP contribution in [0.2, 0.25) is 18.1 Å². The van der Waals surface area contributed by atoms with Crippen LogP contribution >= 0.6 is 0 Å². The Morgan fingerprint density at radius 3 is 2.24 bits per heavy atom. The van der Waals surface area contributed by atoms with Crippen LogP contribution in [0.15, 0.2) is 24.3 Å². The van der Waals surface area contributed by atoms with Gasteiger partial charge in [-0.1, -0.05) is 57.9 Å². The van der Waals surface area contributed by atoms with Crippen molar-refractivity contribution < 1.29 is 28.3 Å². The highest BCUT2D eigenvalue weighted by molar-refractivity contribution is 6.74. The summed E-state index contributed by atoms with van der Waals surface area (Å²) < 4.78 is 10.9. The Morgan fingerprint density at radius 1 is 0.919 bits per heavy atom. The van der Waals surface area contributed by atoms with Crippen LogP contribution in [0.1, 0.15) is 85.0 Å². The maximum atomic E-state index is 12.5. The molecule has 0 saturated heterocycles. The molecule has 2 aliphatic carbocycles. The van der Waals surface area contributed by atoms with Gasteiger partial charge in [0.2, 0.25) is 11.6 Å². The maximum absolute atomic E-state index is 12.5. The molecule has 0 aromatic rings. The summed E-state index contributed by atoms with van der Waals surface area (Å²) in [5.74, 6) is -2.82. The van der Waals surface area contributed by atoms with Gasteiger partial charge in [-0.15, -0.1) is 0 Å². The number of unbranched alkanes of at least 4 members (excludes halogenated alkanes) is 5. The Bertz CT molecular complexity index is 866. The standard InChI is InChI=1S/C30H48O6Si/c1-30(2,3)37(5,6)36-20-16-12-8-7-9-13-17-22-23(18-14-10-11-15-19-26(31)35-4)25-21-24(22)27(32)29(34)28(25)33/h10,13-14,17,22-25H,7-9,11-12,15-16,18-21H2,1-6H3/t22-,23-,24-,25-/m1/s1. The summed E-state index contributed by atoms with van der Waals surface area (Å²) in [6.45, 7) is 12.2. The van der Waals surface area contributed by atoms with Crippen molar-refractivity contribution in [3.63, 3.8) is 0 Å². The smallest absolute Gasteiger partial charge is 0.305 e. The lowest BCUT2D eigenvalue weighted by Gasteiger charge is -2.36. The van der Waals surface area contributed by atoms with E-state index in [0.717, 1.165) is 45.1 Å². The van der Waals surface area contributed by atoms with Gasteiger partial charge in [-0.25, -0.2) is 0 Å². The maximum Gasteiger partial charge on any atom is 0.305 e. The van der Waals surface area contributed by atoms with Crippen molar-refractivity contribution in [2.24, 2.45) is 23.7 Å². The molecule has 6 nitrogen and oxygen atoms in total. The highest BCUT2D eigenvalue weighted by Gasteiger charge is 2.55. The summed E-state index contributed by atoms with van der Waals surface area (Å²) in [6, 6.07) is 0. The normalized spacial score (nSPS) is 24.5. The Hall–Kier alpha value is -1.86. The molecule has 0 N–H and O–H groups in total. The summed E-state index contributed by atoms with van der Waals surface area (Å²) in [6.07, 6.45) is 16.7. The molecule has 2 saturated carbocycles. The van der Waals surface area contributed by atoms with Crippen molar-refractivity contribution in [2.45, 2.75) is 103 Å². The largest absolute Gasteiger partial charge is 0.469 e. The van der Waals surface area contributed by atoms with E-state index in [2.05, 4.69) is 50.8 Å². The van der Waals surface area contributed by atoms with Crippen molar-refractivity contribution in [3.05, 3.63) is 24.3 Å². The van der Waals surface area contributed by atoms with E-state index in [1.165, 1.54) is 7.11 Å². The Labute approximate surface area is 224 Å². The molecule has 2 bridgehead atoms. The zero-order valence-corrected chi connectivity index (χ0v) is 24.8.